The summed E-state index contributed by atoms with van der Waals surface area (Å²) in [6.45, 7) is 3.27. The highest BCUT2D eigenvalue weighted by atomic mass is 16.5. The highest BCUT2D eigenvalue weighted by molar-refractivity contribution is 6.03. The normalized spacial score (nSPS) is 16.7. The number of fused-ring (bicyclic) bond motifs is 1. The van der Waals surface area contributed by atoms with E-state index >= 15 is 0 Å². The largest absolute Gasteiger partial charge is 0.481 e. The van der Waals surface area contributed by atoms with Gasteiger partial charge in [0.15, 0.2) is 6.10 Å². The van der Waals surface area contributed by atoms with Gasteiger partial charge in [0.25, 0.3) is 5.91 Å². The number of hydrogen-bond donors (Lipinski definition) is 2. The average Bonchev–Trinajstić information content (AvgIpc) is 2.65. The third-order valence-electron chi connectivity index (χ3n) is 4.65. The SMILES string of the molecule is Cc1ccccc1C(CC(=O)O)NC(=O)CN1C(=O)C(C)Oc2ccccc21. The molecule has 1 aliphatic heterocycles. The van der Waals surface area contributed by atoms with Crippen molar-refractivity contribution in [3.63, 3.8) is 0 Å². The highest BCUT2D eigenvalue weighted by Crippen LogP contribution is 2.33. The molecule has 0 aliphatic carbocycles. The number of hydrogen-bond acceptors (Lipinski definition) is 4. The average molecular weight is 382 g/mol. The van der Waals surface area contributed by atoms with Crippen molar-refractivity contribution < 1.29 is 24.2 Å². The fourth-order valence-electron chi connectivity index (χ4n) is 3.30. The van der Waals surface area contributed by atoms with Crippen LogP contribution in [0.4, 0.5) is 5.69 Å². The molecule has 2 amide bonds. The first-order chi connectivity index (χ1) is 13.4. The Morgan fingerprint density at radius 1 is 1.18 bits per heavy atom. The Bertz CT molecular complexity index is 911. The summed E-state index contributed by atoms with van der Waals surface area (Å²) in [6, 6.07) is 13.6. The van der Waals surface area contributed by atoms with E-state index < -0.39 is 24.0 Å². The number of anilines is 1. The number of ether oxygens (including phenoxy) is 1. The van der Waals surface area contributed by atoms with Crippen LogP contribution in [0.5, 0.6) is 5.75 Å². The van der Waals surface area contributed by atoms with E-state index in [9.17, 15) is 19.5 Å². The van der Waals surface area contributed by atoms with E-state index in [1.165, 1.54) is 4.90 Å². The van der Waals surface area contributed by atoms with Crippen LogP contribution in [0, 0.1) is 6.92 Å². The smallest absolute Gasteiger partial charge is 0.305 e. The van der Waals surface area contributed by atoms with Gasteiger partial charge in [-0.25, -0.2) is 0 Å². The van der Waals surface area contributed by atoms with Crippen LogP contribution in [0.1, 0.15) is 30.5 Å². The van der Waals surface area contributed by atoms with E-state index in [4.69, 9.17) is 4.74 Å². The summed E-state index contributed by atoms with van der Waals surface area (Å²) in [5.74, 6) is -1.25. The number of rotatable bonds is 6. The van der Waals surface area contributed by atoms with Gasteiger partial charge in [-0.15, -0.1) is 0 Å². The highest BCUT2D eigenvalue weighted by Gasteiger charge is 2.33. The van der Waals surface area contributed by atoms with Gasteiger partial charge in [-0.05, 0) is 37.1 Å². The van der Waals surface area contributed by atoms with Gasteiger partial charge in [-0.1, -0.05) is 36.4 Å². The van der Waals surface area contributed by atoms with E-state index in [2.05, 4.69) is 5.32 Å². The van der Waals surface area contributed by atoms with E-state index in [1.807, 2.05) is 19.1 Å². The van der Waals surface area contributed by atoms with Crippen molar-refractivity contribution in [3.8, 4) is 5.75 Å². The fourth-order valence-corrected chi connectivity index (χ4v) is 3.30. The Balaban J connectivity index is 1.80. The van der Waals surface area contributed by atoms with Gasteiger partial charge in [0, 0.05) is 0 Å². The summed E-state index contributed by atoms with van der Waals surface area (Å²) >= 11 is 0. The zero-order valence-electron chi connectivity index (χ0n) is 15.7. The Kier molecular flexibility index (Phi) is 5.63. The summed E-state index contributed by atoms with van der Waals surface area (Å²) in [4.78, 5) is 37.9. The predicted octanol–water partition coefficient (Wildman–Crippen LogP) is 2.44. The Labute approximate surface area is 162 Å². The zero-order valence-corrected chi connectivity index (χ0v) is 15.7. The quantitative estimate of drug-likeness (QED) is 0.800. The van der Waals surface area contributed by atoms with Gasteiger partial charge in [0.05, 0.1) is 18.2 Å². The maximum atomic E-state index is 12.7. The first kappa shape index (κ1) is 19.4. The maximum absolute atomic E-state index is 12.7. The lowest BCUT2D eigenvalue weighted by atomic mass is 9.98. The number of para-hydroxylation sites is 2. The molecule has 0 saturated heterocycles. The van der Waals surface area contributed by atoms with Crippen molar-refractivity contribution in [1.29, 1.82) is 0 Å². The first-order valence-corrected chi connectivity index (χ1v) is 9.00. The maximum Gasteiger partial charge on any atom is 0.305 e. The van der Waals surface area contributed by atoms with Crippen LogP contribution in [-0.4, -0.2) is 35.5 Å². The molecular weight excluding hydrogens is 360 g/mol. The first-order valence-electron chi connectivity index (χ1n) is 9.00. The number of carbonyl (C=O) groups is 3. The molecule has 1 heterocycles. The molecule has 2 aromatic rings. The van der Waals surface area contributed by atoms with E-state index in [1.54, 1.807) is 43.3 Å². The third-order valence-corrected chi connectivity index (χ3v) is 4.65. The minimum absolute atomic E-state index is 0.217. The number of carboxylic acid groups (broad SMARTS) is 1. The van der Waals surface area contributed by atoms with Crippen LogP contribution in [0.15, 0.2) is 48.5 Å². The van der Waals surface area contributed by atoms with Crippen LogP contribution in [-0.2, 0) is 14.4 Å². The number of aryl methyl sites for hydroxylation is 1. The number of carboxylic acids is 1. The molecule has 0 bridgehead atoms. The molecular formula is C21H22N2O5. The molecule has 28 heavy (non-hydrogen) atoms. The lowest BCUT2D eigenvalue weighted by Gasteiger charge is -2.33. The molecule has 2 atom stereocenters. The van der Waals surface area contributed by atoms with Gasteiger partial charge < -0.3 is 15.2 Å². The van der Waals surface area contributed by atoms with Gasteiger partial charge in [-0.2, -0.15) is 0 Å². The monoisotopic (exact) mass is 382 g/mol. The molecule has 2 unspecified atom stereocenters. The molecule has 2 aromatic carbocycles. The summed E-state index contributed by atoms with van der Waals surface area (Å²) in [5.41, 5.74) is 2.14. The number of carbonyl (C=O) groups excluding carboxylic acids is 2. The number of benzene rings is 2. The summed E-state index contributed by atoms with van der Waals surface area (Å²) in [7, 11) is 0. The number of aliphatic carboxylic acids is 1. The van der Waals surface area contributed by atoms with Crippen LogP contribution >= 0.6 is 0 Å². The van der Waals surface area contributed by atoms with Crippen molar-refractivity contribution in [2.24, 2.45) is 0 Å². The minimum atomic E-state index is -1.02. The van der Waals surface area contributed by atoms with Crippen LogP contribution in [0.2, 0.25) is 0 Å². The van der Waals surface area contributed by atoms with Gasteiger partial charge in [0.1, 0.15) is 12.3 Å². The van der Waals surface area contributed by atoms with E-state index in [0.29, 0.717) is 11.4 Å². The standard InChI is InChI=1S/C21H22N2O5/c1-13-7-3-4-8-15(13)16(11-20(25)26)22-19(24)12-23-17-9-5-6-10-18(17)28-14(2)21(23)27/h3-10,14,16H,11-12H2,1-2H3,(H,22,24)(H,25,26). The second kappa shape index (κ2) is 8.12. The second-order valence-electron chi connectivity index (χ2n) is 6.73. The molecule has 7 nitrogen and oxygen atoms in total. The lowest BCUT2D eigenvalue weighted by Crippen LogP contribution is -2.49. The molecule has 146 valence electrons. The second-order valence-corrected chi connectivity index (χ2v) is 6.73. The molecule has 0 radical (unpaired) electrons. The number of nitrogens with zero attached hydrogens (tertiary/aromatic N) is 1. The van der Waals surface area contributed by atoms with Crippen LogP contribution < -0.4 is 15.0 Å². The van der Waals surface area contributed by atoms with Crippen molar-refractivity contribution in [2.45, 2.75) is 32.4 Å². The number of amides is 2. The third kappa shape index (κ3) is 4.14. The van der Waals surface area contributed by atoms with Gasteiger partial charge in [-0.3, -0.25) is 19.3 Å². The summed E-state index contributed by atoms with van der Waals surface area (Å²) in [5, 5.41) is 12.0. The Hall–Kier alpha value is -3.35. The van der Waals surface area contributed by atoms with Crippen LogP contribution in [0.3, 0.4) is 0 Å². The summed E-state index contributed by atoms with van der Waals surface area (Å²) in [6.07, 6.45) is -0.949. The fraction of sp³-hybridized carbons (Fsp3) is 0.286. The van der Waals surface area contributed by atoms with Gasteiger partial charge in [0.2, 0.25) is 5.91 Å². The van der Waals surface area contributed by atoms with Gasteiger partial charge >= 0.3 is 5.97 Å². The predicted molar refractivity (Wildman–Crippen MR) is 103 cm³/mol. The van der Waals surface area contributed by atoms with E-state index in [-0.39, 0.29) is 18.9 Å². The van der Waals surface area contributed by atoms with Crippen molar-refractivity contribution in [1.82, 2.24) is 5.32 Å². The molecule has 0 saturated carbocycles. The van der Waals surface area contributed by atoms with Crippen LogP contribution in [0.25, 0.3) is 0 Å². The lowest BCUT2D eigenvalue weighted by molar-refractivity contribution is -0.138. The Morgan fingerprint density at radius 3 is 2.57 bits per heavy atom. The molecule has 0 spiro atoms. The van der Waals surface area contributed by atoms with Crippen molar-refractivity contribution in [3.05, 3.63) is 59.7 Å². The molecule has 7 heteroatoms. The molecule has 3 rings (SSSR count). The number of nitrogens with one attached hydrogen (secondary N) is 1. The molecule has 1 aliphatic rings. The minimum Gasteiger partial charge on any atom is -0.481 e. The topological polar surface area (TPSA) is 95.9 Å². The van der Waals surface area contributed by atoms with Crippen molar-refractivity contribution >= 4 is 23.5 Å². The molecule has 0 fully saturated rings. The molecule has 2 N–H and O–H groups in total. The Morgan fingerprint density at radius 2 is 1.86 bits per heavy atom. The zero-order chi connectivity index (χ0) is 20.3. The van der Waals surface area contributed by atoms with E-state index in [0.717, 1.165) is 11.1 Å². The molecule has 0 aromatic heterocycles. The summed E-state index contributed by atoms with van der Waals surface area (Å²) < 4.78 is 5.57. The van der Waals surface area contributed by atoms with Crippen molar-refractivity contribution in [2.75, 3.05) is 11.4 Å².